The van der Waals surface area contributed by atoms with Crippen molar-refractivity contribution in [3.05, 3.63) is 46.6 Å². The average Bonchev–Trinajstić information content (AvgIpc) is 3.28. The average molecular weight is 467 g/mol. The van der Waals surface area contributed by atoms with Gasteiger partial charge in [-0.25, -0.2) is 4.98 Å². The van der Waals surface area contributed by atoms with Crippen molar-refractivity contribution in [2.24, 2.45) is 5.92 Å². The van der Waals surface area contributed by atoms with E-state index in [0.717, 1.165) is 36.6 Å². The molecule has 9 heteroatoms. The SMILES string of the molecule is Cc1cc(NC(=O)C2CCN(c3ncc(C(F)(F)F)cc3Cl)CC2)ccc1N1CCCC1. The normalized spacial score (nSPS) is 17.7. The van der Waals surface area contributed by atoms with E-state index in [-0.39, 0.29) is 16.8 Å². The Morgan fingerprint density at radius 2 is 1.78 bits per heavy atom. The summed E-state index contributed by atoms with van der Waals surface area (Å²) >= 11 is 6.06. The maximum absolute atomic E-state index is 12.8. The topological polar surface area (TPSA) is 48.5 Å². The fourth-order valence-electron chi connectivity index (χ4n) is 4.46. The molecule has 0 radical (unpaired) electrons. The van der Waals surface area contributed by atoms with Gasteiger partial charge in [-0.15, -0.1) is 0 Å². The summed E-state index contributed by atoms with van der Waals surface area (Å²) < 4.78 is 38.5. The molecule has 5 nitrogen and oxygen atoms in total. The Kier molecular flexibility index (Phi) is 6.51. The summed E-state index contributed by atoms with van der Waals surface area (Å²) in [6.45, 7) is 5.21. The molecule has 1 amide bonds. The molecule has 0 bridgehead atoms. The smallest absolute Gasteiger partial charge is 0.371 e. The van der Waals surface area contributed by atoms with Gasteiger partial charge in [0.1, 0.15) is 5.82 Å². The summed E-state index contributed by atoms with van der Waals surface area (Å²) in [7, 11) is 0. The predicted octanol–water partition coefficient (Wildman–Crippen LogP) is 5.52. The summed E-state index contributed by atoms with van der Waals surface area (Å²) in [5.74, 6) is 0.120. The van der Waals surface area contributed by atoms with E-state index in [1.54, 1.807) is 0 Å². The highest BCUT2D eigenvalue weighted by Crippen LogP contribution is 2.35. The van der Waals surface area contributed by atoms with Gasteiger partial charge >= 0.3 is 6.18 Å². The fraction of sp³-hybridized carbons (Fsp3) is 0.478. The Balaban J connectivity index is 1.34. The number of hydrogen-bond acceptors (Lipinski definition) is 4. The van der Waals surface area contributed by atoms with Crippen LogP contribution in [0.15, 0.2) is 30.5 Å². The standard InChI is InChI=1S/C23H26ClF3N4O/c1-15-12-18(4-5-20(15)30-8-2-3-9-30)29-22(32)16-6-10-31(11-7-16)21-19(24)13-17(14-28-21)23(25,26)27/h4-5,12-14,16H,2-3,6-11H2,1H3,(H,29,32). The zero-order chi connectivity index (χ0) is 22.9. The Bertz CT molecular complexity index is 984. The van der Waals surface area contributed by atoms with Crippen LogP contribution >= 0.6 is 11.6 Å². The molecule has 0 aliphatic carbocycles. The predicted molar refractivity (Wildman–Crippen MR) is 120 cm³/mol. The van der Waals surface area contributed by atoms with E-state index in [1.807, 2.05) is 17.0 Å². The second kappa shape index (κ2) is 9.17. The number of amides is 1. The molecule has 2 fully saturated rings. The Morgan fingerprint density at radius 1 is 1.09 bits per heavy atom. The molecule has 172 valence electrons. The lowest BCUT2D eigenvalue weighted by Crippen LogP contribution is -2.38. The number of alkyl halides is 3. The molecule has 4 rings (SSSR count). The summed E-state index contributed by atoms with van der Waals surface area (Å²) in [6, 6.07) is 6.92. The molecular formula is C23H26ClF3N4O. The second-order valence-corrected chi connectivity index (χ2v) is 8.88. The molecule has 0 atom stereocenters. The van der Waals surface area contributed by atoms with Crippen LogP contribution in [-0.4, -0.2) is 37.1 Å². The number of pyridine rings is 1. The molecule has 0 spiro atoms. The van der Waals surface area contributed by atoms with E-state index in [9.17, 15) is 18.0 Å². The number of nitrogens with zero attached hydrogens (tertiary/aromatic N) is 3. The number of aromatic nitrogens is 1. The van der Waals surface area contributed by atoms with Gasteiger partial charge in [0.2, 0.25) is 5.91 Å². The summed E-state index contributed by atoms with van der Waals surface area (Å²) in [5.41, 5.74) is 2.27. The number of halogens is 4. The number of aryl methyl sites for hydroxylation is 1. The highest BCUT2D eigenvalue weighted by Gasteiger charge is 2.33. The number of anilines is 3. The minimum absolute atomic E-state index is 0.0312. The van der Waals surface area contributed by atoms with Gasteiger partial charge in [-0.1, -0.05) is 11.6 Å². The van der Waals surface area contributed by atoms with Gasteiger partial charge < -0.3 is 15.1 Å². The van der Waals surface area contributed by atoms with Crippen LogP contribution in [0, 0.1) is 12.8 Å². The van der Waals surface area contributed by atoms with Crippen LogP contribution in [0.4, 0.5) is 30.4 Å². The Hall–Kier alpha value is -2.48. The molecule has 2 aromatic rings. The second-order valence-electron chi connectivity index (χ2n) is 8.47. The number of benzene rings is 1. The third kappa shape index (κ3) is 4.95. The van der Waals surface area contributed by atoms with Crippen LogP contribution < -0.4 is 15.1 Å². The van der Waals surface area contributed by atoms with Gasteiger partial charge in [-0.05, 0) is 62.4 Å². The van der Waals surface area contributed by atoms with E-state index in [4.69, 9.17) is 11.6 Å². The number of carbonyl (C=O) groups is 1. The molecule has 32 heavy (non-hydrogen) atoms. The molecule has 1 aromatic heterocycles. The zero-order valence-corrected chi connectivity index (χ0v) is 18.6. The number of carbonyl (C=O) groups excluding carboxylic acids is 1. The van der Waals surface area contributed by atoms with E-state index in [1.165, 1.54) is 18.5 Å². The molecular weight excluding hydrogens is 441 g/mol. The Labute approximate surface area is 190 Å². The van der Waals surface area contributed by atoms with Crippen molar-refractivity contribution in [3.8, 4) is 0 Å². The third-order valence-corrected chi connectivity index (χ3v) is 6.50. The molecule has 2 saturated heterocycles. The van der Waals surface area contributed by atoms with Crippen LogP contribution in [0.2, 0.25) is 5.02 Å². The monoisotopic (exact) mass is 466 g/mol. The van der Waals surface area contributed by atoms with Crippen molar-refractivity contribution in [1.82, 2.24) is 4.98 Å². The maximum atomic E-state index is 12.8. The zero-order valence-electron chi connectivity index (χ0n) is 17.9. The van der Waals surface area contributed by atoms with Crippen molar-refractivity contribution in [2.45, 2.75) is 38.8 Å². The first kappa shape index (κ1) is 22.7. The quantitative estimate of drug-likeness (QED) is 0.644. The van der Waals surface area contributed by atoms with Crippen LogP contribution in [-0.2, 0) is 11.0 Å². The van der Waals surface area contributed by atoms with Crippen molar-refractivity contribution >= 4 is 34.7 Å². The van der Waals surface area contributed by atoms with E-state index in [0.29, 0.717) is 31.7 Å². The van der Waals surface area contributed by atoms with Gasteiger partial charge in [0.15, 0.2) is 0 Å². The molecule has 1 N–H and O–H groups in total. The van der Waals surface area contributed by atoms with Gasteiger partial charge in [-0.2, -0.15) is 13.2 Å². The van der Waals surface area contributed by atoms with Crippen molar-refractivity contribution < 1.29 is 18.0 Å². The minimum Gasteiger partial charge on any atom is -0.371 e. The molecule has 2 aliphatic rings. The number of hydrogen-bond donors (Lipinski definition) is 1. The van der Waals surface area contributed by atoms with Gasteiger partial charge in [-0.3, -0.25) is 4.79 Å². The highest BCUT2D eigenvalue weighted by atomic mass is 35.5. The molecule has 2 aliphatic heterocycles. The minimum atomic E-state index is -4.48. The number of rotatable bonds is 4. The van der Waals surface area contributed by atoms with Crippen molar-refractivity contribution in [3.63, 3.8) is 0 Å². The first-order valence-electron chi connectivity index (χ1n) is 10.9. The molecule has 3 heterocycles. The van der Waals surface area contributed by atoms with Crippen molar-refractivity contribution in [1.29, 1.82) is 0 Å². The maximum Gasteiger partial charge on any atom is 0.417 e. The number of piperidine rings is 1. The lowest BCUT2D eigenvalue weighted by molar-refractivity contribution is -0.137. The van der Waals surface area contributed by atoms with Crippen LogP contribution in [0.5, 0.6) is 0 Å². The van der Waals surface area contributed by atoms with Crippen molar-refractivity contribution in [2.75, 3.05) is 41.3 Å². The lowest BCUT2D eigenvalue weighted by Gasteiger charge is -2.32. The van der Waals surface area contributed by atoms with E-state index >= 15 is 0 Å². The van der Waals surface area contributed by atoms with Crippen LogP contribution in [0.3, 0.4) is 0 Å². The largest absolute Gasteiger partial charge is 0.417 e. The molecule has 1 aromatic carbocycles. The summed E-state index contributed by atoms with van der Waals surface area (Å²) in [6.07, 6.45) is -0.0987. The van der Waals surface area contributed by atoms with Gasteiger partial charge in [0, 0.05) is 49.7 Å². The molecule has 0 unspecified atom stereocenters. The first-order chi connectivity index (χ1) is 15.2. The lowest BCUT2D eigenvalue weighted by atomic mass is 9.95. The highest BCUT2D eigenvalue weighted by molar-refractivity contribution is 6.33. The van der Waals surface area contributed by atoms with E-state index < -0.39 is 11.7 Å². The third-order valence-electron chi connectivity index (χ3n) is 6.23. The van der Waals surface area contributed by atoms with Crippen LogP contribution in [0.25, 0.3) is 0 Å². The number of nitrogens with one attached hydrogen (secondary N) is 1. The van der Waals surface area contributed by atoms with Gasteiger partial charge in [0.25, 0.3) is 0 Å². The molecule has 0 saturated carbocycles. The summed E-state index contributed by atoms with van der Waals surface area (Å²) in [5, 5.41) is 2.99. The van der Waals surface area contributed by atoms with Gasteiger partial charge in [0.05, 0.1) is 10.6 Å². The van der Waals surface area contributed by atoms with Crippen LogP contribution in [0.1, 0.15) is 36.8 Å². The van der Waals surface area contributed by atoms with E-state index in [2.05, 4.69) is 28.2 Å². The summed E-state index contributed by atoms with van der Waals surface area (Å²) in [4.78, 5) is 20.9. The first-order valence-corrected chi connectivity index (χ1v) is 11.2. The Morgan fingerprint density at radius 3 is 2.38 bits per heavy atom. The fourth-order valence-corrected chi connectivity index (χ4v) is 4.75.